The second-order valence-electron chi connectivity index (χ2n) is 2.49. The van der Waals surface area contributed by atoms with Crippen LogP contribution in [0.25, 0.3) is 10.8 Å². The Morgan fingerprint density at radius 3 is 2.62 bits per heavy atom. The lowest BCUT2D eigenvalue weighted by Gasteiger charge is -1.95. The summed E-state index contributed by atoms with van der Waals surface area (Å²) in [5.74, 6) is 0. The summed E-state index contributed by atoms with van der Waals surface area (Å²) in [6, 6.07) is 4.30. The zero-order valence-electron chi connectivity index (χ0n) is 6.31. The lowest BCUT2D eigenvalue weighted by atomic mass is 10.2. The standard InChI is InChI=1S/C8H4O3S2/c9-13(10,11)8-2-1-6-4-12-5-7(6)3-8/h1-3H,(H,9,10,11). The molecule has 0 unspecified atom stereocenters. The van der Waals surface area contributed by atoms with Gasteiger partial charge < -0.3 is 0 Å². The summed E-state index contributed by atoms with van der Waals surface area (Å²) in [6.07, 6.45) is 0. The Kier molecular flexibility index (Phi) is 1.87. The molecule has 1 heterocycles. The summed E-state index contributed by atoms with van der Waals surface area (Å²) in [6.45, 7) is 0. The third kappa shape index (κ3) is 1.58. The predicted octanol–water partition coefficient (Wildman–Crippen LogP) is 1.75. The zero-order chi connectivity index (χ0) is 9.47. The third-order valence-corrected chi connectivity index (χ3v) is 3.10. The normalized spacial score (nSPS) is 12.1. The van der Waals surface area contributed by atoms with Gasteiger partial charge in [-0.3, -0.25) is 4.55 Å². The minimum atomic E-state index is -4.10. The van der Waals surface area contributed by atoms with Crippen molar-refractivity contribution >= 4 is 32.2 Å². The van der Waals surface area contributed by atoms with Crippen LogP contribution in [0.4, 0.5) is 0 Å². The highest BCUT2D eigenvalue weighted by molar-refractivity contribution is 7.85. The molecule has 1 aromatic heterocycles. The molecule has 2 rings (SSSR count). The van der Waals surface area contributed by atoms with Gasteiger partial charge in [-0.1, -0.05) is 6.07 Å². The van der Waals surface area contributed by atoms with Gasteiger partial charge in [-0.15, -0.1) is 11.3 Å². The number of benzene rings is 1. The molecule has 2 radical (unpaired) electrons. The van der Waals surface area contributed by atoms with E-state index in [4.69, 9.17) is 4.55 Å². The minimum absolute atomic E-state index is 0.108. The van der Waals surface area contributed by atoms with Gasteiger partial charge in [0.05, 0.1) is 15.7 Å². The molecule has 0 aliphatic heterocycles. The van der Waals surface area contributed by atoms with Gasteiger partial charge >= 0.3 is 0 Å². The first-order chi connectivity index (χ1) is 6.07. The Labute approximate surface area is 79.4 Å². The van der Waals surface area contributed by atoms with Crippen LogP contribution in [0.1, 0.15) is 0 Å². The molecule has 13 heavy (non-hydrogen) atoms. The molecule has 0 amide bonds. The highest BCUT2D eigenvalue weighted by Gasteiger charge is 2.09. The van der Waals surface area contributed by atoms with Crippen LogP contribution in [0.3, 0.4) is 0 Å². The summed E-state index contributed by atoms with van der Waals surface area (Å²) in [7, 11) is -4.10. The molecule has 0 spiro atoms. The molecule has 0 fully saturated rings. The number of fused-ring (bicyclic) bond motifs is 1. The van der Waals surface area contributed by atoms with Gasteiger partial charge in [-0.25, -0.2) is 0 Å². The van der Waals surface area contributed by atoms with Crippen LogP contribution in [0.15, 0.2) is 23.1 Å². The average Bonchev–Trinajstić information content (AvgIpc) is 2.47. The highest BCUT2D eigenvalue weighted by Crippen LogP contribution is 2.21. The van der Waals surface area contributed by atoms with E-state index < -0.39 is 10.1 Å². The van der Waals surface area contributed by atoms with E-state index in [1.165, 1.54) is 23.5 Å². The van der Waals surface area contributed by atoms with Gasteiger partial charge in [0.2, 0.25) is 0 Å². The number of rotatable bonds is 1. The van der Waals surface area contributed by atoms with E-state index in [1.54, 1.807) is 6.07 Å². The van der Waals surface area contributed by atoms with Crippen molar-refractivity contribution < 1.29 is 13.0 Å². The fourth-order valence-corrected chi connectivity index (χ4v) is 2.12. The van der Waals surface area contributed by atoms with Crippen molar-refractivity contribution in [3.05, 3.63) is 29.0 Å². The molecule has 0 aliphatic carbocycles. The lowest BCUT2D eigenvalue weighted by Crippen LogP contribution is -1.96. The van der Waals surface area contributed by atoms with Crippen LogP contribution in [0.5, 0.6) is 0 Å². The number of thiophene rings is 1. The van der Waals surface area contributed by atoms with Gasteiger partial charge in [-0.05, 0) is 12.1 Å². The smallest absolute Gasteiger partial charge is 0.282 e. The Morgan fingerprint density at radius 2 is 1.92 bits per heavy atom. The summed E-state index contributed by atoms with van der Waals surface area (Å²) in [4.78, 5) is -0.108. The summed E-state index contributed by atoms with van der Waals surface area (Å²) in [5.41, 5.74) is 0. The van der Waals surface area contributed by atoms with Crippen molar-refractivity contribution in [3.63, 3.8) is 0 Å². The summed E-state index contributed by atoms with van der Waals surface area (Å²) >= 11 is 1.25. The largest absolute Gasteiger partial charge is 0.294 e. The molecular weight excluding hydrogens is 208 g/mol. The van der Waals surface area contributed by atoms with Crippen LogP contribution in [-0.4, -0.2) is 13.0 Å². The Hall–Kier alpha value is -0.910. The topological polar surface area (TPSA) is 54.4 Å². The number of hydrogen-bond donors (Lipinski definition) is 1. The van der Waals surface area contributed by atoms with Crippen molar-refractivity contribution in [2.45, 2.75) is 4.90 Å². The van der Waals surface area contributed by atoms with Crippen molar-refractivity contribution in [2.75, 3.05) is 0 Å². The van der Waals surface area contributed by atoms with Crippen molar-refractivity contribution in [2.24, 2.45) is 0 Å². The second-order valence-corrected chi connectivity index (χ2v) is 4.52. The molecule has 0 atom stereocenters. The van der Waals surface area contributed by atoms with Gasteiger partial charge in [0.1, 0.15) is 0 Å². The van der Waals surface area contributed by atoms with Gasteiger partial charge in [0, 0.05) is 10.8 Å². The quantitative estimate of drug-likeness (QED) is 0.733. The van der Waals surface area contributed by atoms with Crippen LogP contribution >= 0.6 is 11.3 Å². The fraction of sp³-hybridized carbons (Fsp3) is 0. The van der Waals surface area contributed by atoms with E-state index in [0.717, 1.165) is 5.39 Å². The van der Waals surface area contributed by atoms with E-state index >= 15 is 0 Å². The maximum Gasteiger partial charge on any atom is 0.294 e. The Morgan fingerprint density at radius 1 is 1.23 bits per heavy atom. The Bertz CT molecular complexity index is 539. The highest BCUT2D eigenvalue weighted by atomic mass is 32.2. The van der Waals surface area contributed by atoms with Crippen molar-refractivity contribution in [1.29, 1.82) is 0 Å². The van der Waals surface area contributed by atoms with Gasteiger partial charge in [0.25, 0.3) is 10.1 Å². The maximum absolute atomic E-state index is 10.7. The molecule has 0 saturated heterocycles. The van der Waals surface area contributed by atoms with E-state index in [0.29, 0.717) is 5.39 Å². The molecule has 0 bridgehead atoms. The van der Waals surface area contributed by atoms with E-state index in [9.17, 15) is 8.42 Å². The van der Waals surface area contributed by atoms with Crippen molar-refractivity contribution in [1.82, 2.24) is 0 Å². The van der Waals surface area contributed by atoms with Crippen LogP contribution < -0.4 is 0 Å². The first-order valence-corrected chi connectivity index (χ1v) is 5.62. The second kappa shape index (κ2) is 2.80. The summed E-state index contributed by atoms with van der Waals surface area (Å²) < 4.78 is 30.2. The van der Waals surface area contributed by atoms with E-state index in [1.807, 2.05) is 0 Å². The lowest BCUT2D eigenvalue weighted by molar-refractivity contribution is 0.483. The predicted molar refractivity (Wildman–Crippen MR) is 49.3 cm³/mol. The van der Waals surface area contributed by atoms with E-state index in [-0.39, 0.29) is 4.90 Å². The van der Waals surface area contributed by atoms with Gasteiger partial charge in [0.15, 0.2) is 0 Å². The maximum atomic E-state index is 10.7. The van der Waals surface area contributed by atoms with Crippen LogP contribution in [-0.2, 0) is 10.1 Å². The molecule has 1 aromatic carbocycles. The minimum Gasteiger partial charge on any atom is -0.282 e. The van der Waals surface area contributed by atoms with Crippen LogP contribution in [0, 0.1) is 10.8 Å². The molecule has 0 aliphatic rings. The third-order valence-electron chi connectivity index (χ3n) is 1.61. The fourth-order valence-electron chi connectivity index (χ4n) is 0.993. The zero-order valence-corrected chi connectivity index (χ0v) is 7.95. The molecule has 0 saturated carbocycles. The molecular formula is C8H4O3S2. The molecule has 1 N–H and O–H groups in total. The first-order valence-electron chi connectivity index (χ1n) is 3.37. The summed E-state index contributed by atoms with van der Waals surface area (Å²) in [5, 5.41) is 7.21. The Balaban J connectivity index is 2.75. The van der Waals surface area contributed by atoms with Crippen molar-refractivity contribution in [3.8, 4) is 0 Å². The van der Waals surface area contributed by atoms with Crippen LogP contribution in [0.2, 0.25) is 0 Å². The first kappa shape index (κ1) is 8.68. The van der Waals surface area contributed by atoms with E-state index in [2.05, 4.69) is 10.8 Å². The molecule has 66 valence electrons. The molecule has 3 nitrogen and oxygen atoms in total. The van der Waals surface area contributed by atoms with Gasteiger partial charge in [-0.2, -0.15) is 8.42 Å². The SMILES string of the molecule is O=S(=O)(O)c1ccc2[c]s[c]c2c1. The average molecular weight is 212 g/mol. The molecule has 2 aromatic rings. The monoisotopic (exact) mass is 212 g/mol. The molecule has 5 heteroatoms. The number of hydrogen-bond acceptors (Lipinski definition) is 3.